The Labute approximate surface area is 151 Å². The largest absolute Gasteiger partial charge is 0.497 e. The van der Waals surface area contributed by atoms with Crippen molar-refractivity contribution in [1.29, 1.82) is 0 Å². The van der Waals surface area contributed by atoms with Crippen LogP contribution in [0.4, 0.5) is 5.13 Å². The lowest BCUT2D eigenvalue weighted by Crippen LogP contribution is -2.31. The molecule has 3 rings (SSSR count). The van der Waals surface area contributed by atoms with Crippen LogP contribution < -0.4 is 14.4 Å². The van der Waals surface area contributed by atoms with Gasteiger partial charge in [0.1, 0.15) is 11.5 Å². The van der Waals surface area contributed by atoms with Gasteiger partial charge in [-0.05, 0) is 37.8 Å². The number of fused-ring (bicyclic) bond motifs is 1. The molecule has 5 nitrogen and oxygen atoms in total. The van der Waals surface area contributed by atoms with E-state index in [-0.39, 0.29) is 5.91 Å². The Morgan fingerprint density at radius 2 is 1.92 bits per heavy atom. The number of anilines is 1. The van der Waals surface area contributed by atoms with E-state index in [1.807, 2.05) is 0 Å². The van der Waals surface area contributed by atoms with Gasteiger partial charge in [0.05, 0.1) is 19.9 Å². The van der Waals surface area contributed by atoms with E-state index in [1.54, 1.807) is 54.7 Å². The number of aryl methyl sites for hydroxylation is 2. The first kappa shape index (κ1) is 17.5. The summed E-state index contributed by atoms with van der Waals surface area (Å²) in [5.74, 6) is 1.03. The van der Waals surface area contributed by atoms with Gasteiger partial charge in [-0.15, -0.1) is 17.9 Å². The molecule has 0 atom stereocenters. The summed E-state index contributed by atoms with van der Waals surface area (Å²) >= 11 is 1.61. The normalized spacial score (nSPS) is 13.0. The van der Waals surface area contributed by atoms with E-state index in [1.165, 1.54) is 17.7 Å². The summed E-state index contributed by atoms with van der Waals surface area (Å²) in [4.78, 5) is 20.8. The molecule has 0 fully saturated rings. The number of carbonyl (C=O) groups is 1. The minimum absolute atomic E-state index is 0.136. The second-order valence-electron chi connectivity index (χ2n) is 5.88. The molecule has 0 saturated heterocycles. The molecule has 132 valence electrons. The molecule has 1 amide bonds. The van der Waals surface area contributed by atoms with Crippen LogP contribution in [0.15, 0.2) is 30.9 Å². The summed E-state index contributed by atoms with van der Waals surface area (Å²) < 4.78 is 10.6. The van der Waals surface area contributed by atoms with Crippen molar-refractivity contribution in [3.8, 4) is 11.5 Å². The van der Waals surface area contributed by atoms with Gasteiger partial charge in [0, 0.05) is 23.1 Å². The van der Waals surface area contributed by atoms with Crippen LogP contribution in [0.5, 0.6) is 11.5 Å². The maximum absolute atomic E-state index is 13.1. The topological polar surface area (TPSA) is 51.7 Å². The lowest BCUT2D eigenvalue weighted by molar-refractivity contribution is 0.0989. The van der Waals surface area contributed by atoms with Crippen molar-refractivity contribution >= 4 is 22.4 Å². The van der Waals surface area contributed by atoms with Crippen molar-refractivity contribution in [3.63, 3.8) is 0 Å². The summed E-state index contributed by atoms with van der Waals surface area (Å²) in [5.41, 5.74) is 1.64. The predicted molar refractivity (Wildman–Crippen MR) is 100 cm³/mol. The van der Waals surface area contributed by atoms with Crippen LogP contribution in [0, 0.1) is 0 Å². The van der Waals surface area contributed by atoms with Gasteiger partial charge >= 0.3 is 0 Å². The summed E-state index contributed by atoms with van der Waals surface area (Å²) in [6.07, 6.45) is 6.12. The third-order valence-corrected chi connectivity index (χ3v) is 5.40. The highest BCUT2D eigenvalue weighted by Crippen LogP contribution is 2.33. The second-order valence-corrected chi connectivity index (χ2v) is 6.94. The van der Waals surface area contributed by atoms with Crippen LogP contribution in [0.25, 0.3) is 0 Å². The molecule has 0 radical (unpaired) electrons. The molecular weight excluding hydrogens is 336 g/mol. The number of benzene rings is 1. The maximum atomic E-state index is 13.1. The molecule has 0 aliphatic heterocycles. The van der Waals surface area contributed by atoms with Crippen LogP contribution in [0.3, 0.4) is 0 Å². The van der Waals surface area contributed by atoms with E-state index >= 15 is 0 Å². The third-order valence-electron chi connectivity index (χ3n) is 4.22. The maximum Gasteiger partial charge on any atom is 0.260 e. The zero-order chi connectivity index (χ0) is 17.8. The van der Waals surface area contributed by atoms with Crippen LogP contribution >= 0.6 is 11.3 Å². The van der Waals surface area contributed by atoms with Crippen LogP contribution in [-0.4, -0.2) is 31.7 Å². The fourth-order valence-corrected chi connectivity index (χ4v) is 4.07. The quantitative estimate of drug-likeness (QED) is 0.736. The Bertz CT molecular complexity index is 739. The van der Waals surface area contributed by atoms with E-state index < -0.39 is 0 Å². The number of ether oxygens (including phenoxy) is 2. The van der Waals surface area contributed by atoms with Gasteiger partial charge < -0.3 is 9.47 Å². The molecule has 0 bridgehead atoms. The number of hydrogen-bond donors (Lipinski definition) is 0. The zero-order valence-corrected chi connectivity index (χ0v) is 15.4. The molecule has 1 aliphatic carbocycles. The summed E-state index contributed by atoms with van der Waals surface area (Å²) in [5, 5.41) is 0.735. The third kappa shape index (κ3) is 3.69. The number of hydrogen-bond acceptors (Lipinski definition) is 5. The molecule has 0 unspecified atom stereocenters. The minimum Gasteiger partial charge on any atom is -0.497 e. The van der Waals surface area contributed by atoms with Crippen molar-refractivity contribution in [1.82, 2.24) is 4.98 Å². The molecule has 1 heterocycles. The van der Waals surface area contributed by atoms with E-state index in [4.69, 9.17) is 14.5 Å². The van der Waals surface area contributed by atoms with Gasteiger partial charge in [-0.25, -0.2) is 4.98 Å². The van der Waals surface area contributed by atoms with Crippen LogP contribution in [0.1, 0.15) is 33.8 Å². The predicted octanol–water partition coefficient (Wildman–Crippen LogP) is 3.87. The van der Waals surface area contributed by atoms with Crippen molar-refractivity contribution < 1.29 is 14.3 Å². The first-order valence-corrected chi connectivity index (χ1v) is 9.12. The van der Waals surface area contributed by atoms with Crippen molar-refractivity contribution in [2.24, 2.45) is 0 Å². The van der Waals surface area contributed by atoms with E-state index in [2.05, 4.69) is 6.58 Å². The van der Waals surface area contributed by atoms with Crippen molar-refractivity contribution in [3.05, 3.63) is 47.0 Å². The molecule has 2 aromatic rings. The van der Waals surface area contributed by atoms with Gasteiger partial charge in [0.15, 0.2) is 5.13 Å². The standard InChI is InChI=1S/C19H22N2O3S/c1-4-9-21(19-20-16-7-5-6-8-17(16)25-19)18(22)13-10-14(23-2)12-15(11-13)24-3/h4,10-12H,1,5-9H2,2-3H3. The molecule has 0 spiro atoms. The monoisotopic (exact) mass is 358 g/mol. The smallest absolute Gasteiger partial charge is 0.260 e. The average Bonchev–Trinajstić information content (AvgIpc) is 3.08. The molecule has 0 saturated carbocycles. The summed E-state index contributed by atoms with van der Waals surface area (Å²) in [6, 6.07) is 5.18. The van der Waals surface area contributed by atoms with Gasteiger partial charge in [-0.2, -0.15) is 0 Å². The Hall–Kier alpha value is -2.34. The fraction of sp³-hybridized carbons (Fsp3) is 0.368. The Morgan fingerprint density at radius 1 is 1.24 bits per heavy atom. The SMILES string of the molecule is C=CCN(C(=O)c1cc(OC)cc(OC)c1)c1nc2c(s1)CCCC2. The molecule has 6 heteroatoms. The lowest BCUT2D eigenvalue weighted by Gasteiger charge is -2.19. The van der Waals surface area contributed by atoms with Crippen LogP contribution in [0.2, 0.25) is 0 Å². The van der Waals surface area contributed by atoms with Gasteiger partial charge in [0.25, 0.3) is 5.91 Å². The summed E-state index contributed by atoms with van der Waals surface area (Å²) in [6.45, 7) is 4.19. The molecule has 1 aromatic heterocycles. The van der Waals surface area contributed by atoms with Gasteiger partial charge in [-0.1, -0.05) is 6.08 Å². The second kappa shape index (κ2) is 7.70. The Balaban J connectivity index is 1.96. The highest BCUT2D eigenvalue weighted by molar-refractivity contribution is 7.16. The number of aromatic nitrogens is 1. The van der Waals surface area contributed by atoms with E-state index in [9.17, 15) is 4.79 Å². The van der Waals surface area contributed by atoms with Gasteiger partial charge in [0.2, 0.25) is 0 Å². The molecular formula is C19H22N2O3S. The first-order chi connectivity index (χ1) is 12.2. The van der Waals surface area contributed by atoms with E-state index in [0.29, 0.717) is 23.6 Å². The van der Waals surface area contributed by atoms with Crippen molar-refractivity contribution in [2.45, 2.75) is 25.7 Å². The number of nitrogens with zero attached hydrogens (tertiary/aromatic N) is 2. The lowest BCUT2D eigenvalue weighted by atomic mass is 10.0. The Morgan fingerprint density at radius 3 is 2.52 bits per heavy atom. The molecule has 1 aliphatic rings. The number of carbonyl (C=O) groups excluding carboxylic acids is 1. The van der Waals surface area contributed by atoms with E-state index in [0.717, 1.165) is 23.7 Å². The number of thiazole rings is 1. The van der Waals surface area contributed by atoms with Crippen LogP contribution in [-0.2, 0) is 12.8 Å². The Kier molecular flexibility index (Phi) is 5.38. The van der Waals surface area contributed by atoms with Gasteiger partial charge in [-0.3, -0.25) is 9.69 Å². The first-order valence-electron chi connectivity index (χ1n) is 8.30. The molecule has 25 heavy (non-hydrogen) atoms. The zero-order valence-electron chi connectivity index (χ0n) is 14.6. The van der Waals surface area contributed by atoms with Crippen molar-refractivity contribution in [2.75, 3.05) is 25.7 Å². The number of amides is 1. The molecule has 0 N–H and O–H groups in total. The average molecular weight is 358 g/mol. The highest BCUT2D eigenvalue weighted by atomic mass is 32.1. The fourth-order valence-electron chi connectivity index (χ4n) is 2.92. The number of methoxy groups -OCH3 is 2. The molecule has 1 aromatic carbocycles. The highest BCUT2D eigenvalue weighted by Gasteiger charge is 2.24. The minimum atomic E-state index is -0.136. The number of rotatable bonds is 6. The summed E-state index contributed by atoms with van der Waals surface area (Å²) in [7, 11) is 3.14.